The lowest BCUT2D eigenvalue weighted by atomic mass is 10.1. The molecule has 0 unspecified atom stereocenters. The maximum atomic E-state index is 13.4. The van der Waals surface area contributed by atoms with Crippen molar-refractivity contribution >= 4 is 23.1 Å². The van der Waals surface area contributed by atoms with Crippen molar-refractivity contribution in [2.75, 3.05) is 12.4 Å². The van der Waals surface area contributed by atoms with Gasteiger partial charge in [-0.2, -0.15) is 18.4 Å². The van der Waals surface area contributed by atoms with Gasteiger partial charge >= 0.3 is 6.18 Å². The van der Waals surface area contributed by atoms with Crippen molar-refractivity contribution in [3.63, 3.8) is 0 Å². The Bertz CT molecular complexity index is 763. The first-order valence-corrected chi connectivity index (χ1v) is 9.66. The van der Waals surface area contributed by atoms with Crippen molar-refractivity contribution in [2.45, 2.75) is 36.6 Å². The molecule has 0 radical (unpaired) electrons. The van der Waals surface area contributed by atoms with E-state index < -0.39 is 17.3 Å². The van der Waals surface area contributed by atoms with Gasteiger partial charge in [0, 0.05) is 12.4 Å². The predicted octanol–water partition coefficient (Wildman–Crippen LogP) is 5.36. The summed E-state index contributed by atoms with van der Waals surface area (Å²) in [6.45, 7) is 0.673. The van der Waals surface area contributed by atoms with Gasteiger partial charge < -0.3 is 4.74 Å². The lowest BCUT2D eigenvalue weighted by Crippen LogP contribution is -2.21. The average molecular weight is 384 g/mol. The summed E-state index contributed by atoms with van der Waals surface area (Å²) >= 11 is 2.48. The number of aromatic nitrogens is 1. The van der Waals surface area contributed by atoms with Gasteiger partial charge in [-0.3, -0.25) is 0 Å². The van der Waals surface area contributed by atoms with E-state index in [4.69, 9.17) is 4.74 Å². The molecule has 2 aromatic rings. The number of hydrogen-bond donors (Lipinski definition) is 0. The van der Waals surface area contributed by atoms with Gasteiger partial charge in [0.05, 0.1) is 27.8 Å². The molecule has 3 heterocycles. The van der Waals surface area contributed by atoms with E-state index in [9.17, 15) is 18.4 Å². The maximum absolute atomic E-state index is 13.4. The van der Waals surface area contributed by atoms with Crippen molar-refractivity contribution in [3.8, 4) is 16.6 Å². The zero-order valence-corrected chi connectivity index (χ0v) is 14.8. The zero-order valence-electron chi connectivity index (χ0n) is 13.2. The number of rotatable bonds is 4. The third kappa shape index (κ3) is 4.35. The molecule has 1 saturated heterocycles. The molecule has 0 spiro atoms. The van der Waals surface area contributed by atoms with E-state index in [1.807, 2.05) is 0 Å². The molecule has 0 amide bonds. The standard InChI is InChI=1S/C17H15F3N2OS2/c18-17(19,20)13-8-14(15-5-3-7-24-15)22-16(12(13)9-21)25-10-11-4-1-2-6-23-11/h3,5,7-8,11H,1-2,4,6,10H2/t11-/m0/s1. The minimum atomic E-state index is -4.60. The molecule has 3 nitrogen and oxygen atoms in total. The molecule has 132 valence electrons. The van der Waals surface area contributed by atoms with E-state index in [2.05, 4.69) is 4.98 Å². The van der Waals surface area contributed by atoms with Crippen molar-refractivity contribution in [2.24, 2.45) is 0 Å². The smallest absolute Gasteiger partial charge is 0.377 e. The molecule has 0 aromatic carbocycles. The number of nitrogens with zero attached hydrogens (tertiary/aromatic N) is 2. The van der Waals surface area contributed by atoms with Crippen LogP contribution >= 0.6 is 23.1 Å². The first-order chi connectivity index (χ1) is 12.0. The van der Waals surface area contributed by atoms with Gasteiger partial charge in [-0.1, -0.05) is 6.07 Å². The molecule has 0 saturated carbocycles. The molecular formula is C17H15F3N2OS2. The monoisotopic (exact) mass is 384 g/mol. The van der Waals surface area contributed by atoms with Gasteiger partial charge in [0.15, 0.2) is 0 Å². The Hall–Kier alpha value is -1.56. The normalized spacial score (nSPS) is 18.1. The zero-order chi connectivity index (χ0) is 17.9. The van der Waals surface area contributed by atoms with Crippen LogP contribution in [0.2, 0.25) is 0 Å². The molecule has 3 rings (SSSR count). The highest BCUT2D eigenvalue weighted by Crippen LogP contribution is 2.39. The Morgan fingerprint density at radius 3 is 2.84 bits per heavy atom. The second-order valence-electron chi connectivity index (χ2n) is 5.62. The van der Waals surface area contributed by atoms with Crippen LogP contribution < -0.4 is 0 Å². The summed E-state index contributed by atoms with van der Waals surface area (Å²) in [5.41, 5.74) is -1.09. The van der Waals surface area contributed by atoms with Gasteiger partial charge in [0.25, 0.3) is 0 Å². The van der Waals surface area contributed by atoms with Gasteiger partial charge in [-0.25, -0.2) is 4.98 Å². The van der Waals surface area contributed by atoms with E-state index >= 15 is 0 Å². The van der Waals surface area contributed by atoms with Crippen molar-refractivity contribution < 1.29 is 17.9 Å². The van der Waals surface area contributed by atoms with E-state index in [-0.39, 0.29) is 16.8 Å². The lowest BCUT2D eigenvalue weighted by molar-refractivity contribution is -0.138. The fraction of sp³-hybridized carbons (Fsp3) is 0.412. The second-order valence-corrected chi connectivity index (χ2v) is 7.58. The number of thiophene rings is 1. The molecule has 0 bridgehead atoms. The topological polar surface area (TPSA) is 45.9 Å². The SMILES string of the molecule is N#Cc1c(C(F)(F)F)cc(-c2cccs2)nc1SC[C@@H]1CCCCO1. The van der Waals surface area contributed by atoms with Gasteiger partial charge in [-0.15, -0.1) is 23.1 Å². The minimum Gasteiger partial charge on any atom is -0.377 e. The number of hydrogen-bond acceptors (Lipinski definition) is 5. The fourth-order valence-electron chi connectivity index (χ4n) is 2.62. The third-order valence-corrected chi connectivity index (χ3v) is 5.86. The van der Waals surface area contributed by atoms with Gasteiger partial charge in [0.2, 0.25) is 0 Å². The summed E-state index contributed by atoms with van der Waals surface area (Å²) in [6, 6.07) is 6.13. The second kappa shape index (κ2) is 7.77. The van der Waals surface area contributed by atoms with Crippen LogP contribution in [-0.2, 0) is 10.9 Å². The van der Waals surface area contributed by atoms with Crippen LogP contribution in [0.5, 0.6) is 0 Å². The molecule has 2 aromatic heterocycles. The number of nitriles is 1. The average Bonchev–Trinajstić information content (AvgIpc) is 3.14. The van der Waals surface area contributed by atoms with E-state index in [0.29, 0.717) is 17.2 Å². The molecule has 1 fully saturated rings. The Balaban J connectivity index is 1.96. The highest BCUT2D eigenvalue weighted by molar-refractivity contribution is 7.99. The maximum Gasteiger partial charge on any atom is 0.417 e. The van der Waals surface area contributed by atoms with Crippen LogP contribution in [0.1, 0.15) is 30.4 Å². The predicted molar refractivity (Wildman–Crippen MR) is 91.6 cm³/mol. The van der Waals surface area contributed by atoms with E-state index in [0.717, 1.165) is 25.3 Å². The summed E-state index contributed by atoms with van der Waals surface area (Å²) in [5.74, 6) is 0.493. The van der Waals surface area contributed by atoms with Crippen LogP contribution in [0.25, 0.3) is 10.6 Å². The summed E-state index contributed by atoms with van der Waals surface area (Å²) in [5, 5.41) is 11.2. The van der Waals surface area contributed by atoms with Crippen LogP contribution in [0.4, 0.5) is 13.2 Å². The molecule has 25 heavy (non-hydrogen) atoms. The molecule has 1 aliphatic rings. The minimum absolute atomic E-state index is 0.00757. The largest absolute Gasteiger partial charge is 0.417 e. The van der Waals surface area contributed by atoms with Crippen LogP contribution in [0, 0.1) is 11.3 Å². The summed E-state index contributed by atoms with van der Waals surface area (Å²) in [4.78, 5) is 4.98. The van der Waals surface area contributed by atoms with Gasteiger partial charge in [0.1, 0.15) is 11.1 Å². The third-order valence-electron chi connectivity index (χ3n) is 3.86. The molecule has 8 heteroatoms. The molecule has 1 atom stereocenters. The summed E-state index contributed by atoms with van der Waals surface area (Å²) < 4.78 is 45.9. The molecule has 0 N–H and O–H groups in total. The first-order valence-electron chi connectivity index (χ1n) is 7.79. The molecular weight excluding hydrogens is 369 g/mol. The highest BCUT2D eigenvalue weighted by Gasteiger charge is 2.36. The van der Waals surface area contributed by atoms with Crippen LogP contribution in [0.15, 0.2) is 28.6 Å². The fourth-order valence-corrected chi connectivity index (χ4v) is 4.37. The van der Waals surface area contributed by atoms with E-state index in [1.165, 1.54) is 23.1 Å². The number of halogens is 3. The number of thioether (sulfide) groups is 1. The van der Waals surface area contributed by atoms with Crippen molar-refractivity contribution in [1.82, 2.24) is 4.98 Å². The van der Waals surface area contributed by atoms with Gasteiger partial charge in [-0.05, 0) is 36.8 Å². The first kappa shape index (κ1) is 18.2. The number of alkyl halides is 3. The van der Waals surface area contributed by atoms with Crippen molar-refractivity contribution in [3.05, 3.63) is 34.7 Å². The summed E-state index contributed by atoms with van der Waals surface area (Å²) in [7, 11) is 0. The number of ether oxygens (including phenoxy) is 1. The summed E-state index contributed by atoms with van der Waals surface area (Å²) in [6.07, 6.45) is -1.67. The van der Waals surface area contributed by atoms with Crippen LogP contribution in [-0.4, -0.2) is 23.4 Å². The highest BCUT2D eigenvalue weighted by atomic mass is 32.2. The molecule has 0 aliphatic carbocycles. The Morgan fingerprint density at radius 1 is 1.40 bits per heavy atom. The Labute approximate surface area is 151 Å². The van der Waals surface area contributed by atoms with E-state index in [1.54, 1.807) is 23.6 Å². The quantitative estimate of drug-likeness (QED) is 0.666. The van der Waals surface area contributed by atoms with Crippen molar-refractivity contribution in [1.29, 1.82) is 5.26 Å². The van der Waals surface area contributed by atoms with Crippen LogP contribution in [0.3, 0.4) is 0 Å². The number of pyridine rings is 1. The Kier molecular flexibility index (Phi) is 5.67. The Morgan fingerprint density at radius 2 is 2.24 bits per heavy atom. The lowest BCUT2D eigenvalue weighted by Gasteiger charge is -2.22. The molecule has 1 aliphatic heterocycles.